The maximum Gasteiger partial charge on any atom is 0.229 e. The van der Waals surface area contributed by atoms with Gasteiger partial charge in [0.05, 0.1) is 17.6 Å². The number of likely N-dealkylation sites (tertiary alicyclic amines) is 1. The lowest BCUT2D eigenvalue weighted by atomic mass is 9.96. The SMILES string of the molecule is CCc1nnc(NC(=O)C2CCN(Cc3nc4ccc(C)cc4[nH]3)CC2)s1. The molecule has 4 rings (SSSR count). The van der Waals surface area contributed by atoms with Crippen molar-refractivity contribution in [3.8, 4) is 0 Å². The molecule has 8 heteroatoms. The first-order valence-corrected chi connectivity index (χ1v) is 10.2. The molecule has 3 aromatic rings. The van der Waals surface area contributed by atoms with Crippen LogP contribution in [-0.4, -0.2) is 44.1 Å². The van der Waals surface area contributed by atoms with Crippen LogP contribution in [0.5, 0.6) is 0 Å². The van der Waals surface area contributed by atoms with Gasteiger partial charge < -0.3 is 10.3 Å². The minimum atomic E-state index is 0.0357. The highest BCUT2D eigenvalue weighted by atomic mass is 32.1. The van der Waals surface area contributed by atoms with E-state index in [-0.39, 0.29) is 11.8 Å². The molecular formula is C19H24N6OS. The number of nitrogens with zero attached hydrogens (tertiary/aromatic N) is 4. The van der Waals surface area contributed by atoms with Crippen LogP contribution in [0.2, 0.25) is 0 Å². The normalized spacial score (nSPS) is 16.1. The number of hydrogen-bond acceptors (Lipinski definition) is 6. The zero-order valence-electron chi connectivity index (χ0n) is 15.7. The highest BCUT2D eigenvalue weighted by Crippen LogP contribution is 2.23. The second kappa shape index (κ2) is 7.74. The van der Waals surface area contributed by atoms with Gasteiger partial charge in [0, 0.05) is 5.92 Å². The lowest BCUT2D eigenvalue weighted by molar-refractivity contribution is -0.121. The number of aromatic nitrogens is 4. The lowest BCUT2D eigenvalue weighted by Gasteiger charge is -2.30. The Balaban J connectivity index is 1.30. The van der Waals surface area contributed by atoms with Crippen LogP contribution in [0.4, 0.5) is 5.13 Å². The highest BCUT2D eigenvalue weighted by molar-refractivity contribution is 7.15. The Hall–Kier alpha value is -2.32. The van der Waals surface area contributed by atoms with Gasteiger partial charge in [-0.05, 0) is 57.0 Å². The molecule has 1 fully saturated rings. The largest absolute Gasteiger partial charge is 0.341 e. The van der Waals surface area contributed by atoms with Gasteiger partial charge in [-0.25, -0.2) is 4.98 Å². The number of aromatic amines is 1. The zero-order chi connectivity index (χ0) is 18.8. The van der Waals surface area contributed by atoms with Gasteiger partial charge in [0.15, 0.2) is 0 Å². The molecule has 142 valence electrons. The van der Waals surface area contributed by atoms with Gasteiger partial charge in [-0.1, -0.05) is 24.3 Å². The first-order chi connectivity index (χ1) is 13.1. The molecule has 0 aliphatic carbocycles. The Kier molecular flexibility index (Phi) is 5.18. The van der Waals surface area contributed by atoms with E-state index >= 15 is 0 Å². The quantitative estimate of drug-likeness (QED) is 0.706. The number of fused-ring (bicyclic) bond motifs is 1. The number of H-pyrrole nitrogens is 1. The average molecular weight is 385 g/mol. The van der Waals surface area contributed by atoms with Crippen LogP contribution in [0.3, 0.4) is 0 Å². The first-order valence-electron chi connectivity index (χ1n) is 9.41. The maximum absolute atomic E-state index is 12.5. The highest BCUT2D eigenvalue weighted by Gasteiger charge is 2.26. The van der Waals surface area contributed by atoms with E-state index in [2.05, 4.69) is 55.5 Å². The summed E-state index contributed by atoms with van der Waals surface area (Å²) in [6, 6.07) is 6.26. The summed E-state index contributed by atoms with van der Waals surface area (Å²) in [6.07, 6.45) is 2.54. The predicted octanol–water partition coefficient (Wildman–Crippen LogP) is 3.14. The third-order valence-corrected chi connectivity index (χ3v) is 6.00. The zero-order valence-corrected chi connectivity index (χ0v) is 16.5. The molecule has 0 atom stereocenters. The minimum absolute atomic E-state index is 0.0357. The molecular weight excluding hydrogens is 360 g/mol. The Bertz CT molecular complexity index is 941. The lowest BCUT2D eigenvalue weighted by Crippen LogP contribution is -2.38. The van der Waals surface area contributed by atoms with E-state index in [0.29, 0.717) is 5.13 Å². The summed E-state index contributed by atoms with van der Waals surface area (Å²) in [6.45, 7) is 6.69. The fraction of sp³-hybridized carbons (Fsp3) is 0.474. The number of carbonyl (C=O) groups excluding carboxylic acids is 1. The molecule has 3 heterocycles. The number of nitrogens with one attached hydrogen (secondary N) is 2. The van der Waals surface area contributed by atoms with E-state index < -0.39 is 0 Å². The fourth-order valence-corrected chi connectivity index (χ4v) is 4.15. The Labute approximate surface area is 162 Å². The molecule has 2 N–H and O–H groups in total. The molecule has 1 aromatic carbocycles. The van der Waals surface area contributed by atoms with Crippen molar-refractivity contribution in [1.29, 1.82) is 0 Å². The van der Waals surface area contributed by atoms with Crippen LogP contribution in [0, 0.1) is 12.8 Å². The number of piperidine rings is 1. The molecule has 7 nitrogen and oxygen atoms in total. The summed E-state index contributed by atoms with van der Waals surface area (Å²) < 4.78 is 0. The van der Waals surface area contributed by atoms with Crippen molar-refractivity contribution in [3.63, 3.8) is 0 Å². The number of benzene rings is 1. The van der Waals surface area contributed by atoms with E-state index in [0.717, 1.165) is 60.8 Å². The summed E-state index contributed by atoms with van der Waals surface area (Å²) in [5.74, 6) is 1.08. The van der Waals surface area contributed by atoms with Crippen molar-refractivity contribution < 1.29 is 4.79 Å². The van der Waals surface area contributed by atoms with Crippen molar-refractivity contribution in [1.82, 2.24) is 25.1 Å². The van der Waals surface area contributed by atoms with Crippen molar-refractivity contribution in [2.75, 3.05) is 18.4 Å². The average Bonchev–Trinajstić information content (AvgIpc) is 3.28. The van der Waals surface area contributed by atoms with Gasteiger partial charge in [0.1, 0.15) is 10.8 Å². The third-order valence-electron chi connectivity index (χ3n) is 5.02. The smallest absolute Gasteiger partial charge is 0.229 e. The molecule has 1 aliphatic rings. The maximum atomic E-state index is 12.5. The number of carbonyl (C=O) groups is 1. The van der Waals surface area contributed by atoms with Crippen LogP contribution in [0.15, 0.2) is 18.2 Å². The van der Waals surface area contributed by atoms with Crippen LogP contribution in [0.25, 0.3) is 11.0 Å². The second-order valence-corrected chi connectivity index (χ2v) is 8.16. The third kappa shape index (κ3) is 4.17. The van der Waals surface area contributed by atoms with Gasteiger partial charge in [-0.2, -0.15) is 0 Å². The van der Waals surface area contributed by atoms with E-state index in [1.54, 1.807) is 0 Å². The topological polar surface area (TPSA) is 86.8 Å². The molecule has 1 amide bonds. The summed E-state index contributed by atoms with van der Waals surface area (Å²) >= 11 is 1.45. The number of aryl methyl sites for hydroxylation is 2. The molecule has 2 aromatic heterocycles. The minimum Gasteiger partial charge on any atom is -0.341 e. The molecule has 0 unspecified atom stereocenters. The Morgan fingerprint density at radius 2 is 2.15 bits per heavy atom. The van der Waals surface area contributed by atoms with Gasteiger partial charge in [0.25, 0.3) is 0 Å². The standard InChI is InChI=1S/C19H24N6OS/c1-3-17-23-24-19(27-17)22-18(26)13-6-8-25(9-7-13)11-16-20-14-5-4-12(2)10-15(14)21-16/h4-5,10,13H,3,6-9,11H2,1-2H3,(H,20,21)(H,22,24,26). The molecule has 27 heavy (non-hydrogen) atoms. The monoisotopic (exact) mass is 384 g/mol. The van der Waals surface area contributed by atoms with Crippen LogP contribution in [0.1, 0.15) is 36.2 Å². The Morgan fingerprint density at radius 1 is 1.33 bits per heavy atom. The molecule has 0 radical (unpaired) electrons. The van der Waals surface area contributed by atoms with Crippen molar-refractivity contribution >= 4 is 33.4 Å². The summed E-state index contributed by atoms with van der Waals surface area (Å²) in [5.41, 5.74) is 3.32. The number of anilines is 1. The van der Waals surface area contributed by atoms with E-state index in [9.17, 15) is 4.79 Å². The molecule has 0 bridgehead atoms. The number of hydrogen-bond donors (Lipinski definition) is 2. The second-order valence-electron chi connectivity index (χ2n) is 7.10. The molecule has 0 spiro atoms. The number of rotatable bonds is 5. The molecule has 0 saturated carbocycles. The van der Waals surface area contributed by atoms with Crippen molar-refractivity contribution in [2.45, 2.75) is 39.7 Å². The first kappa shape index (κ1) is 18.1. The van der Waals surface area contributed by atoms with Crippen molar-refractivity contribution in [3.05, 3.63) is 34.6 Å². The summed E-state index contributed by atoms with van der Waals surface area (Å²) in [7, 11) is 0. The van der Waals surface area contributed by atoms with Gasteiger partial charge in [-0.15, -0.1) is 10.2 Å². The molecule has 1 saturated heterocycles. The van der Waals surface area contributed by atoms with E-state index in [1.165, 1.54) is 16.9 Å². The Morgan fingerprint density at radius 3 is 2.89 bits per heavy atom. The summed E-state index contributed by atoms with van der Waals surface area (Å²) in [4.78, 5) is 22.9. The van der Waals surface area contributed by atoms with Crippen LogP contribution in [-0.2, 0) is 17.8 Å². The van der Waals surface area contributed by atoms with Crippen LogP contribution >= 0.6 is 11.3 Å². The van der Waals surface area contributed by atoms with Gasteiger partial charge in [-0.3, -0.25) is 9.69 Å². The van der Waals surface area contributed by atoms with Crippen LogP contribution < -0.4 is 5.32 Å². The summed E-state index contributed by atoms with van der Waals surface area (Å²) in [5, 5.41) is 12.6. The predicted molar refractivity (Wildman–Crippen MR) is 107 cm³/mol. The van der Waals surface area contributed by atoms with Gasteiger partial charge in [0.2, 0.25) is 11.0 Å². The number of amides is 1. The van der Waals surface area contributed by atoms with E-state index in [4.69, 9.17) is 0 Å². The van der Waals surface area contributed by atoms with Gasteiger partial charge >= 0.3 is 0 Å². The number of imidazole rings is 1. The fourth-order valence-electron chi connectivity index (χ4n) is 3.47. The van der Waals surface area contributed by atoms with Crippen molar-refractivity contribution in [2.24, 2.45) is 5.92 Å². The van der Waals surface area contributed by atoms with E-state index in [1.807, 2.05) is 6.92 Å². The molecule has 1 aliphatic heterocycles.